The second-order valence-electron chi connectivity index (χ2n) is 5.95. The fraction of sp³-hybridized carbons (Fsp3) is 0.136. The number of aryl methyl sites for hydroxylation is 1. The number of rotatable bonds is 6. The van der Waals surface area contributed by atoms with Gasteiger partial charge in [0.25, 0.3) is 5.91 Å². The molecule has 0 fully saturated rings. The van der Waals surface area contributed by atoms with E-state index >= 15 is 0 Å². The van der Waals surface area contributed by atoms with Gasteiger partial charge in [-0.1, -0.05) is 29.8 Å². The molecule has 132 valence electrons. The summed E-state index contributed by atoms with van der Waals surface area (Å²) in [7, 11) is 0. The van der Waals surface area contributed by atoms with E-state index in [0.717, 1.165) is 22.8 Å². The van der Waals surface area contributed by atoms with Crippen LogP contribution in [0.2, 0.25) is 0 Å². The monoisotopic (exact) mass is 346 g/mol. The molecule has 0 saturated carbocycles. The average Bonchev–Trinajstić information content (AvgIpc) is 2.66. The van der Waals surface area contributed by atoms with Gasteiger partial charge in [-0.05, 0) is 62.4 Å². The summed E-state index contributed by atoms with van der Waals surface area (Å²) in [6.07, 6.45) is 0. The molecule has 2 N–H and O–H groups in total. The molecule has 4 nitrogen and oxygen atoms in total. The third kappa shape index (κ3) is 4.42. The first-order chi connectivity index (χ1) is 12.7. The first-order valence-electron chi connectivity index (χ1n) is 8.62. The minimum absolute atomic E-state index is 0.161. The average molecular weight is 346 g/mol. The molecule has 26 heavy (non-hydrogen) atoms. The van der Waals surface area contributed by atoms with E-state index in [4.69, 9.17) is 4.74 Å². The minimum atomic E-state index is -0.161. The lowest BCUT2D eigenvalue weighted by atomic mass is 10.2. The lowest BCUT2D eigenvalue weighted by Gasteiger charge is -2.13. The summed E-state index contributed by atoms with van der Waals surface area (Å²) in [6, 6.07) is 22.9. The number of ether oxygens (including phenoxy) is 1. The van der Waals surface area contributed by atoms with Crippen LogP contribution in [0.15, 0.2) is 72.8 Å². The predicted octanol–water partition coefficient (Wildman–Crippen LogP) is 5.39. The second kappa shape index (κ2) is 8.21. The number of hydrogen-bond acceptors (Lipinski definition) is 3. The predicted molar refractivity (Wildman–Crippen MR) is 106 cm³/mol. The molecule has 0 bridgehead atoms. The summed E-state index contributed by atoms with van der Waals surface area (Å²) in [6.45, 7) is 4.58. The number of para-hydroxylation sites is 2. The van der Waals surface area contributed by atoms with Crippen LogP contribution in [0.4, 0.5) is 17.1 Å². The summed E-state index contributed by atoms with van der Waals surface area (Å²) in [5.41, 5.74) is 4.33. The van der Waals surface area contributed by atoms with Crippen LogP contribution in [0.25, 0.3) is 0 Å². The first-order valence-corrected chi connectivity index (χ1v) is 8.62. The van der Waals surface area contributed by atoms with Crippen LogP contribution < -0.4 is 15.4 Å². The van der Waals surface area contributed by atoms with E-state index in [9.17, 15) is 4.79 Å². The van der Waals surface area contributed by atoms with Gasteiger partial charge in [0.15, 0.2) is 0 Å². The van der Waals surface area contributed by atoms with Crippen LogP contribution in [0.1, 0.15) is 22.8 Å². The quantitative estimate of drug-likeness (QED) is 0.629. The van der Waals surface area contributed by atoms with Crippen LogP contribution in [-0.4, -0.2) is 12.5 Å². The van der Waals surface area contributed by atoms with Crippen molar-refractivity contribution in [1.82, 2.24) is 0 Å². The van der Waals surface area contributed by atoms with Gasteiger partial charge in [-0.3, -0.25) is 4.79 Å². The largest absolute Gasteiger partial charge is 0.494 e. The summed E-state index contributed by atoms with van der Waals surface area (Å²) in [5.74, 6) is 0.594. The molecule has 0 atom stereocenters. The van der Waals surface area contributed by atoms with Crippen LogP contribution in [0.3, 0.4) is 0 Å². The Morgan fingerprint density at radius 3 is 2.19 bits per heavy atom. The maximum absolute atomic E-state index is 12.6. The lowest BCUT2D eigenvalue weighted by molar-refractivity contribution is 0.102. The molecule has 0 saturated heterocycles. The van der Waals surface area contributed by atoms with Gasteiger partial charge in [-0.15, -0.1) is 0 Å². The molecule has 0 aromatic heterocycles. The van der Waals surface area contributed by atoms with Gasteiger partial charge in [0.2, 0.25) is 0 Å². The van der Waals surface area contributed by atoms with E-state index < -0.39 is 0 Å². The molecule has 0 heterocycles. The number of amides is 1. The van der Waals surface area contributed by atoms with Crippen molar-refractivity contribution in [1.29, 1.82) is 0 Å². The highest BCUT2D eigenvalue weighted by Gasteiger charge is 2.09. The molecule has 0 radical (unpaired) electrons. The third-order valence-electron chi connectivity index (χ3n) is 3.93. The molecule has 0 unspecified atom stereocenters. The number of nitrogens with one attached hydrogen (secondary N) is 2. The Morgan fingerprint density at radius 1 is 0.885 bits per heavy atom. The van der Waals surface area contributed by atoms with E-state index in [0.29, 0.717) is 12.2 Å². The third-order valence-corrected chi connectivity index (χ3v) is 3.93. The van der Waals surface area contributed by atoms with Gasteiger partial charge in [0.05, 0.1) is 18.0 Å². The van der Waals surface area contributed by atoms with Gasteiger partial charge >= 0.3 is 0 Å². The Morgan fingerprint density at radius 2 is 1.54 bits per heavy atom. The normalized spacial score (nSPS) is 10.2. The zero-order chi connectivity index (χ0) is 18.4. The van der Waals surface area contributed by atoms with Crippen molar-refractivity contribution in [3.63, 3.8) is 0 Å². The number of carbonyl (C=O) groups is 1. The standard InChI is InChI=1S/C22H22N2O2/c1-3-26-19-14-10-17(11-15-19)22(25)24-21-7-5-4-6-20(21)23-18-12-8-16(2)9-13-18/h4-15,23H,3H2,1-2H3,(H,24,25). The Hall–Kier alpha value is -3.27. The molecule has 3 rings (SSSR count). The van der Waals surface area contributed by atoms with Gasteiger partial charge in [-0.2, -0.15) is 0 Å². The smallest absolute Gasteiger partial charge is 0.255 e. The molecule has 1 amide bonds. The van der Waals surface area contributed by atoms with Gasteiger partial charge < -0.3 is 15.4 Å². The SMILES string of the molecule is CCOc1ccc(C(=O)Nc2ccccc2Nc2ccc(C)cc2)cc1. The molecule has 3 aromatic rings. The molecular weight excluding hydrogens is 324 g/mol. The Bertz CT molecular complexity index is 871. The highest BCUT2D eigenvalue weighted by atomic mass is 16.5. The highest BCUT2D eigenvalue weighted by Crippen LogP contribution is 2.26. The zero-order valence-electron chi connectivity index (χ0n) is 15.0. The molecule has 0 spiro atoms. The summed E-state index contributed by atoms with van der Waals surface area (Å²) in [4.78, 5) is 12.6. The Kier molecular flexibility index (Phi) is 5.54. The fourth-order valence-electron chi connectivity index (χ4n) is 2.56. The topological polar surface area (TPSA) is 50.4 Å². The van der Waals surface area contributed by atoms with Gasteiger partial charge in [-0.25, -0.2) is 0 Å². The molecule has 3 aromatic carbocycles. The van der Waals surface area contributed by atoms with E-state index in [1.54, 1.807) is 24.3 Å². The summed E-state index contributed by atoms with van der Waals surface area (Å²) < 4.78 is 5.41. The first kappa shape index (κ1) is 17.5. The molecule has 0 aliphatic rings. The van der Waals surface area contributed by atoms with E-state index in [1.165, 1.54) is 5.56 Å². The molecule has 4 heteroatoms. The van der Waals surface area contributed by atoms with E-state index in [2.05, 4.69) is 17.6 Å². The van der Waals surface area contributed by atoms with Crippen molar-refractivity contribution in [3.05, 3.63) is 83.9 Å². The highest BCUT2D eigenvalue weighted by molar-refractivity contribution is 6.06. The van der Waals surface area contributed by atoms with Crippen LogP contribution in [-0.2, 0) is 0 Å². The van der Waals surface area contributed by atoms with Crippen LogP contribution in [0, 0.1) is 6.92 Å². The Labute approximate surface area is 153 Å². The van der Waals surface area contributed by atoms with Gasteiger partial charge in [0.1, 0.15) is 5.75 Å². The van der Waals surface area contributed by atoms with Crippen molar-refractivity contribution in [2.24, 2.45) is 0 Å². The van der Waals surface area contributed by atoms with E-state index in [-0.39, 0.29) is 5.91 Å². The molecule has 0 aliphatic heterocycles. The second-order valence-corrected chi connectivity index (χ2v) is 5.95. The Balaban J connectivity index is 1.75. The summed E-state index contributed by atoms with van der Waals surface area (Å²) in [5, 5.41) is 6.32. The van der Waals surface area contributed by atoms with Gasteiger partial charge in [0, 0.05) is 11.3 Å². The number of carbonyl (C=O) groups excluding carboxylic acids is 1. The molecule has 0 aliphatic carbocycles. The fourth-order valence-corrected chi connectivity index (χ4v) is 2.56. The van der Waals surface area contributed by atoms with Crippen molar-refractivity contribution >= 4 is 23.0 Å². The number of hydrogen-bond donors (Lipinski definition) is 2. The van der Waals surface area contributed by atoms with Crippen LogP contribution >= 0.6 is 0 Å². The maximum Gasteiger partial charge on any atom is 0.255 e. The molecular formula is C22H22N2O2. The number of anilines is 3. The summed E-state index contributed by atoms with van der Waals surface area (Å²) >= 11 is 0. The van der Waals surface area contributed by atoms with Crippen molar-refractivity contribution in [2.75, 3.05) is 17.2 Å². The zero-order valence-corrected chi connectivity index (χ0v) is 15.0. The minimum Gasteiger partial charge on any atom is -0.494 e. The van der Waals surface area contributed by atoms with Crippen molar-refractivity contribution < 1.29 is 9.53 Å². The van der Waals surface area contributed by atoms with Crippen molar-refractivity contribution in [3.8, 4) is 5.75 Å². The van der Waals surface area contributed by atoms with E-state index in [1.807, 2.05) is 55.5 Å². The van der Waals surface area contributed by atoms with Crippen LogP contribution in [0.5, 0.6) is 5.75 Å². The lowest BCUT2D eigenvalue weighted by Crippen LogP contribution is -2.13. The maximum atomic E-state index is 12.6. The van der Waals surface area contributed by atoms with Crippen molar-refractivity contribution in [2.45, 2.75) is 13.8 Å². The number of benzene rings is 3.